The molecular weight excluding hydrogens is 303 g/mol. The molecular formula is C12H11IO2. The van der Waals surface area contributed by atoms with E-state index in [0.29, 0.717) is 6.42 Å². The van der Waals surface area contributed by atoms with Crippen molar-refractivity contribution >= 4 is 34.6 Å². The maximum absolute atomic E-state index is 10.9. The Morgan fingerprint density at radius 2 is 2.07 bits per heavy atom. The first kappa shape index (κ1) is 10.7. The normalized spacial score (nSPS) is 20.9. The Morgan fingerprint density at radius 3 is 2.67 bits per heavy atom. The van der Waals surface area contributed by atoms with Crippen molar-refractivity contribution in [1.29, 1.82) is 0 Å². The number of ether oxygens (including phenoxy) is 1. The zero-order chi connectivity index (χ0) is 10.7. The van der Waals surface area contributed by atoms with Gasteiger partial charge in [0.25, 0.3) is 0 Å². The zero-order valence-electron chi connectivity index (χ0n) is 8.15. The van der Waals surface area contributed by atoms with Crippen molar-refractivity contribution in [2.24, 2.45) is 0 Å². The lowest BCUT2D eigenvalue weighted by molar-refractivity contribution is -0.139. The minimum atomic E-state index is -0.0905. The molecule has 2 rings (SSSR count). The average molecular weight is 314 g/mol. The Bertz CT molecular complexity index is 381. The molecule has 1 fully saturated rings. The number of hydrogen-bond donors (Lipinski definition) is 0. The van der Waals surface area contributed by atoms with Gasteiger partial charge in [0.15, 0.2) is 0 Å². The number of carbonyl (C=O) groups excluding carboxylic acids is 1. The second kappa shape index (κ2) is 4.79. The molecule has 78 valence electrons. The van der Waals surface area contributed by atoms with Gasteiger partial charge in [-0.2, -0.15) is 0 Å². The van der Waals surface area contributed by atoms with Gasteiger partial charge < -0.3 is 4.74 Å². The molecule has 0 N–H and O–H groups in total. The molecule has 15 heavy (non-hydrogen) atoms. The van der Waals surface area contributed by atoms with Crippen LogP contribution in [0.4, 0.5) is 0 Å². The van der Waals surface area contributed by atoms with Crippen molar-refractivity contribution in [1.82, 2.24) is 0 Å². The molecule has 0 saturated carbocycles. The summed E-state index contributed by atoms with van der Waals surface area (Å²) in [5, 5.41) is 0. The van der Waals surface area contributed by atoms with E-state index in [2.05, 4.69) is 46.9 Å². The van der Waals surface area contributed by atoms with Crippen LogP contribution in [0.2, 0.25) is 0 Å². The maximum atomic E-state index is 10.9. The summed E-state index contributed by atoms with van der Waals surface area (Å²) in [6.07, 6.45) is 5.27. The number of benzene rings is 1. The summed E-state index contributed by atoms with van der Waals surface area (Å²) >= 11 is 2.27. The molecule has 1 saturated heterocycles. The summed E-state index contributed by atoms with van der Waals surface area (Å²) in [5.74, 6) is -0.0905. The largest absolute Gasteiger partial charge is 0.458 e. The Labute approximate surface area is 102 Å². The average Bonchev–Trinajstić information content (AvgIpc) is 2.64. The van der Waals surface area contributed by atoms with Crippen molar-refractivity contribution < 1.29 is 9.53 Å². The van der Waals surface area contributed by atoms with E-state index >= 15 is 0 Å². The molecule has 0 unspecified atom stereocenters. The monoisotopic (exact) mass is 314 g/mol. The summed E-state index contributed by atoms with van der Waals surface area (Å²) in [4.78, 5) is 10.9. The van der Waals surface area contributed by atoms with E-state index in [1.165, 1.54) is 3.57 Å². The van der Waals surface area contributed by atoms with Crippen LogP contribution in [0.15, 0.2) is 30.3 Å². The van der Waals surface area contributed by atoms with Gasteiger partial charge in [0, 0.05) is 9.99 Å². The van der Waals surface area contributed by atoms with Gasteiger partial charge in [-0.15, -0.1) is 0 Å². The highest BCUT2D eigenvalue weighted by Gasteiger charge is 2.20. The minimum Gasteiger partial charge on any atom is -0.458 e. The second-order valence-corrected chi connectivity index (χ2v) is 4.72. The standard InChI is InChI=1S/C12H11IO2/c13-10-4-1-9(2-5-10)3-6-11-7-8-12(14)15-11/h1-6,11H,7-8H2/b6-3+/t11-/m0/s1. The van der Waals surface area contributed by atoms with E-state index in [1.807, 2.05) is 12.2 Å². The van der Waals surface area contributed by atoms with Crippen LogP contribution in [0.1, 0.15) is 18.4 Å². The first-order valence-electron chi connectivity index (χ1n) is 4.87. The highest BCUT2D eigenvalue weighted by atomic mass is 127. The molecule has 1 atom stereocenters. The van der Waals surface area contributed by atoms with Gasteiger partial charge >= 0.3 is 5.97 Å². The Morgan fingerprint density at radius 1 is 1.33 bits per heavy atom. The lowest BCUT2D eigenvalue weighted by atomic mass is 10.1. The van der Waals surface area contributed by atoms with Gasteiger partial charge in [-0.25, -0.2) is 0 Å². The molecule has 0 aliphatic carbocycles. The fraction of sp³-hybridized carbons (Fsp3) is 0.250. The van der Waals surface area contributed by atoms with Gasteiger partial charge in [0.2, 0.25) is 0 Å². The SMILES string of the molecule is O=C1CC[C@H](/C=C/c2ccc(I)cc2)O1. The first-order chi connectivity index (χ1) is 7.24. The molecule has 1 aromatic carbocycles. The van der Waals surface area contributed by atoms with E-state index in [9.17, 15) is 4.79 Å². The van der Waals surface area contributed by atoms with Crippen LogP contribution >= 0.6 is 22.6 Å². The number of carbonyl (C=O) groups is 1. The van der Waals surface area contributed by atoms with E-state index in [4.69, 9.17) is 4.74 Å². The molecule has 0 amide bonds. The van der Waals surface area contributed by atoms with Crippen molar-refractivity contribution in [2.75, 3.05) is 0 Å². The third-order valence-electron chi connectivity index (χ3n) is 2.29. The summed E-state index contributed by atoms with van der Waals surface area (Å²) in [6, 6.07) is 8.21. The number of esters is 1. The first-order valence-corrected chi connectivity index (χ1v) is 5.95. The van der Waals surface area contributed by atoms with Crippen LogP contribution in [0.25, 0.3) is 6.08 Å². The van der Waals surface area contributed by atoms with E-state index < -0.39 is 0 Å². The summed E-state index contributed by atoms with van der Waals surface area (Å²) in [7, 11) is 0. The molecule has 3 heteroatoms. The molecule has 1 aliphatic rings. The topological polar surface area (TPSA) is 26.3 Å². The highest BCUT2D eigenvalue weighted by Crippen LogP contribution is 2.16. The molecule has 1 heterocycles. The Balaban J connectivity index is 1.99. The van der Waals surface area contributed by atoms with Crippen LogP contribution in [-0.2, 0) is 9.53 Å². The van der Waals surface area contributed by atoms with Gasteiger partial charge in [-0.3, -0.25) is 4.79 Å². The third kappa shape index (κ3) is 3.06. The predicted molar refractivity (Wildman–Crippen MR) is 67.3 cm³/mol. The van der Waals surface area contributed by atoms with Crippen molar-refractivity contribution in [2.45, 2.75) is 18.9 Å². The zero-order valence-corrected chi connectivity index (χ0v) is 10.3. The predicted octanol–water partition coefficient (Wildman–Crippen LogP) is 3.01. The van der Waals surface area contributed by atoms with Gasteiger partial charge in [-0.1, -0.05) is 18.2 Å². The van der Waals surface area contributed by atoms with Crippen molar-refractivity contribution in [3.8, 4) is 0 Å². The quantitative estimate of drug-likeness (QED) is 0.620. The molecule has 1 aliphatic heterocycles. The van der Waals surface area contributed by atoms with Crippen LogP contribution < -0.4 is 0 Å². The number of halogens is 1. The summed E-state index contributed by atoms with van der Waals surface area (Å²) in [6.45, 7) is 0. The lowest BCUT2D eigenvalue weighted by Crippen LogP contribution is -2.01. The summed E-state index contributed by atoms with van der Waals surface area (Å²) < 4.78 is 6.30. The van der Waals surface area contributed by atoms with Crippen LogP contribution in [-0.4, -0.2) is 12.1 Å². The molecule has 2 nitrogen and oxygen atoms in total. The van der Waals surface area contributed by atoms with Crippen LogP contribution in [0.5, 0.6) is 0 Å². The molecule has 1 aromatic rings. The van der Waals surface area contributed by atoms with Crippen molar-refractivity contribution in [3.05, 3.63) is 39.5 Å². The Hall–Kier alpha value is -0.840. The van der Waals surface area contributed by atoms with E-state index in [0.717, 1.165) is 12.0 Å². The smallest absolute Gasteiger partial charge is 0.306 e. The number of hydrogen-bond acceptors (Lipinski definition) is 2. The second-order valence-electron chi connectivity index (χ2n) is 3.48. The van der Waals surface area contributed by atoms with E-state index in [-0.39, 0.29) is 12.1 Å². The van der Waals surface area contributed by atoms with E-state index in [1.54, 1.807) is 0 Å². The molecule has 0 spiro atoms. The Kier molecular flexibility index (Phi) is 3.41. The number of rotatable bonds is 2. The van der Waals surface area contributed by atoms with Gasteiger partial charge in [0.1, 0.15) is 6.10 Å². The summed E-state index contributed by atoms with van der Waals surface area (Å²) in [5.41, 5.74) is 1.14. The molecule has 0 bridgehead atoms. The van der Waals surface area contributed by atoms with Crippen LogP contribution in [0.3, 0.4) is 0 Å². The highest BCUT2D eigenvalue weighted by molar-refractivity contribution is 14.1. The molecule has 0 aromatic heterocycles. The van der Waals surface area contributed by atoms with Gasteiger partial charge in [-0.05, 0) is 52.8 Å². The van der Waals surface area contributed by atoms with Crippen LogP contribution in [0, 0.1) is 3.57 Å². The maximum Gasteiger partial charge on any atom is 0.306 e. The fourth-order valence-electron chi connectivity index (χ4n) is 1.47. The van der Waals surface area contributed by atoms with Gasteiger partial charge in [0.05, 0.1) is 0 Å². The molecule has 0 radical (unpaired) electrons. The third-order valence-corrected chi connectivity index (χ3v) is 3.01. The number of cyclic esters (lactones) is 1. The fourth-order valence-corrected chi connectivity index (χ4v) is 1.83. The lowest BCUT2D eigenvalue weighted by Gasteiger charge is -2.01. The minimum absolute atomic E-state index is 0.0308. The van der Waals surface area contributed by atoms with Crippen molar-refractivity contribution in [3.63, 3.8) is 0 Å².